The molecule has 1 unspecified atom stereocenters. The Bertz CT molecular complexity index is 566. The SMILES string of the molecule is CCC1(C(F)F)C[C@@H]2CC[C@@H](c3cncc(F)c3)N2C1=O. The second kappa shape index (κ2) is 5.00. The van der Waals surface area contributed by atoms with Gasteiger partial charge in [-0.3, -0.25) is 9.78 Å². The van der Waals surface area contributed by atoms with Crippen molar-refractivity contribution >= 4 is 5.91 Å². The summed E-state index contributed by atoms with van der Waals surface area (Å²) in [4.78, 5) is 17.9. The zero-order valence-corrected chi connectivity index (χ0v) is 11.7. The van der Waals surface area contributed by atoms with E-state index in [4.69, 9.17) is 0 Å². The molecule has 2 aliphatic heterocycles. The Labute approximate surface area is 121 Å². The van der Waals surface area contributed by atoms with Crippen molar-refractivity contribution in [3.05, 3.63) is 29.8 Å². The molecule has 0 radical (unpaired) electrons. The summed E-state index contributed by atoms with van der Waals surface area (Å²) in [5.74, 6) is -0.963. The number of alkyl halides is 2. The fourth-order valence-corrected chi connectivity index (χ4v) is 3.73. The third-order valence-corrected chi connectivity index (χ3v) is 4.92. The first kappa shape index (κ1) is 14.4. The number of aromatic nitrogens is 1. The predicted molar refractivity (Wildman–Crippen MR) is 70.1 cm³/mol. The van der Waals surface area contributed by atoms with Crippen molar-refractivity contribution in [1.29, 1.82) is 0 Å². The average molecular weight is 298 g/mol. The van der Waals surface area contributed by atoms with Crippen molar-refractivity contribution in [3.8, 4) is 0 Å². The standard InChI is InChI=1S/C15H17F3N2O/c1-2-15(13(17)18)6-11-3-4-12(20(11)14(15)21)9-5-10(16)8-19-7-9/h5,7-8,11-13H,2-4,6H2,1H3/t11-,12-,15?/m0/s1. The highest BCUT2D eigenvalue weighted by Gasteiger charge is 2.59. The fraction of sp³-hybridized carbons (Fsp3) is 0.600. The molecule has 3 atom stereocenters. The van der Waals surface area contributed by atoms with E-state index in [1.807, 2.05) is 0 Å². The topological polar surface area (TPSA) is 33.2 Å². The molecule has 0 aromatic carbocycles. The van der Waals surface area contributed by atoms with Crippen LogP contribution in [0.4, 0.5) is 13.2 Å². The van der Waals surface area contributed by atoms with Crippen molar-refractivity contribution < 1.29 is 18.0 Å². The molecule has 3 nitrogen and oxygen atoms in total. The van der Waals surface area contributed by atoms with Gasteiger partial charge in [0.05, 0.1) is 12.2 Å². The lowest BCUT2D eigenvalue weighted by Gasteiger charge is -2.29. The first-order chi connectivity index (χ1) is 9.99. The molecule has 1 amide bonds. The van der Waals surface area contributed by atoms with E-state index in [-0.39, 0.29) is 24.9 Å². The molecular formula is C15H17F3N2O. The van der Waals surface area contributed by atoms with Crippen LogP contribution >= 0.6 is 0 Å². The molecule has 2 aliphatic rings. The Morgan fingerprint density at radius 3 is 2.81 bits per heavy atom. The van der Waals surface area contributed by atoms with Crippen LogP contribution in [0.1, 0.15) is 44.2 Å². The number of fused-ring (bicyclic) bond motifs is 1. The molecule has 1 aromatic heterocycles. The van der Waals surface area contributed by atoms with Gasteiger partial charge in [0, 0.05) is 12.2 Å². The van der Waals surface area contributed by atoms with Gasteiger partial charge in [0.2, 0.25) is 5.91 Å². The number of carbonyl (C=O) groups excluding carboxylic acids is 1. The maximum atomic E-state index is 13.4. The highest BCUT2D eigenvalue weighted by atomic mass is 19.3. The maximum Gasteiger partial charge on any atom is 0.252 e. The van der Waals surface area contributed by atoms with Crippen LogP contribution in [0.25, 0.3) is 0 Å². The molecule has 6 heteroatoms. The summed E-state index contributed by atoms with van der Waals surface area (Å²) in [7, 11) is 0. The summed E-state index contributed by atoms with van der Waals surface area (Å²) >= 11 is 0. The second-order valence-corrected chi connectivity index (χ2v) is 5.91. The number of hydrogen-bond acceptors (Lipinski definition) is 2. The summed E-state index contributed by atoms with van der Waals surface area (Å²) in [6.45, 7) is 1.63. The lowest BCUT2D eigenvalue weighted by Crippen LogP contribution is -2.40. The number of carbonyl (C=O) groups is 1. The van der Waals surface area contributed by atoms with Crippen LogP contribution in [-0.4, -0.2) is 28.3 Å². The van der Waals surface area contributed by atoms with Crippen LogP contribution < -0.4 is 0 Å². The van der Waals surface area contributed by atoms with Crippen molar-refractivity contribution in [3.63, 3.8) is 0 Å². The minimum absolute atomic E-state index is 0.130. The highest BCUT2D eigenvalue weighted by molar-refractivity contribution is 5.86. The largest absolute Gasteiger partial charge is 0.332 e. The van der Waals surface area contributed by atoms with Crippen LogP contribution in [0, 0.1) is 11.2 Å². The van der Waals surface area contributed by atoms with Gasteiger partial charge in [-0.15, -0.1) is 0 Å². The van der Waals surface area contributed by atoms with Gasteiger partial charge in [-0.05, 0) is 37.3 Å². The van der Waals surface area contributed by atoms with E-state index in [9.17, 15) is 18.0 Å². The van der Waals surface area contributed by atoms with Crippen molar-refractivity contribution in [2.45, 2.75) is 51.1 Å². The van der Waals surface area contributed by atoms with Gasteiger partial charge in [-0.1, -0.05) is 6.92 Å². The van der Waals surface area contributed by atoms with Crippen molar-refractivity contribution in [2.75, 3.05) is 0 Å². The summed E-state index contributed by atoms with van der Waals surface area (Å²) in [6, 6.07) is 0.833. The summed E-state index contributed by atoms with van der Waals surface area (Å²) < 4.78 is 40.2. The van der Waals surface area contributed by atoms with Gasteiger partial charge in [0.15, 0.2) is 0 Å². The van der Waals surface area contributed by atoms with Crippen molar-refractivity contribution in [1.82, 2.24) is 9.88 Å². The summed E-state index contributed by atoms with van der Waals surface area (Å²) in [5, 5.41) is 0. The molecule has 1 aromatic rings. The molecule has 21 heavy (non-hydrogen) atoms. The number of hydrogen-bond donors (Lipinski definition) is 0. The Balaban J connectivity index is 1.94. The Morgan fingerprint density at radius 1 is 1.43 bits per heavy atom. The molecule has 0 saturated carbocycles. The van der Waals surface area contributed by atoms with E-state index in [0.29, 0.717) is 18.4 Å². The zero-order valence-electron chi connectivity index (χ0n) is 11.7. The monoisotopic (exact) mass is 298 g/mol. The van der Waals surface area contributed by atoms with Gasteiger partial charge >= 0.3 is 0 Å². The number of halogens is 3. The minimum atomic E-state index is -2.66. The second-order valence-electron chi connectivity index (χ2n) is 5.91. The summed E-state index contributed by atoms with van der Waals surface area (Å²) in [5.41, 5.74) is -0.976. The van der Waals surface area contributed by atoms with Crippen LogP contribution in [0.2, 0.25) is 0 Å². The number of pyridine rings is 1. The van der Waals surface area contributed by atoms with E-state index in [1.54, 1.807) is 11.8 Å². The molecule has 0 N–H and O–H groups in total. The average Bonchev–Trinajstić information content (AvgIpc) is 2.98. The van der Waals surface area contributed by atoms with Gasteiger partial charge in [-0.2, -0.15) is 0 Å². The number of rotatable bonds is 3. The first-order valence-corrected chi connectivity index (χ1v) is 7.21. The minimum Gasteiger partial charge on any atom is -0.332 e. The smallest absolute Gasteiger partial charge is 0.252 e. The fourth-order valence-electron chi connectivity index (χ4n) is 3.73. The third-order valence-electron chi connectivity index (χ3n) is 4.92. The number of nitrogens with zero attached hydrogens (tertiary/aromatic N) is 2. The van der Waals surface area contributed by atoms with Crippen LogP contribution in [0.5, 0.6) is 0 Å². The molecule has 0 bridgehead atoms. The van der Waals surface area contributed by atoms with Gasteiger partial charge in [0.25, 0.3) is 6.43 Å². The Kier molecular flexibility index (Phi) is 3.42. The van der Waals surface area contributed by atoms with Crippen LogP contribution in [-0.2, 0) is 4.79 Å². The van der Waals surface area contributed by atoms with E-state index < -0.39 is 23.6 Å². The zero-order chi connectivity index (χ0) is 15.2. The molecular weight excluding hydrogens is 281 g/mol. The molecule has 2 saturated heterocycles. The van der Waals surface area contributed by atoms with E-state index in [0.717, 1.165) is 6.20 Å². The van der Waals surface area contributed by atoms with E-state index in [1.165, 1.54) is 12.3 Å². The van der Waals surface area contributed by atoms with Crippen LogP contribution in [0.15, 0.2) is 18.5 Å². The lowest BCUT2D eigenvalue weighted by atomic mass is 9.81. The molecule has 0 aliphatic carbocycles. The Hall–Kier alpha value is -1.59. The summed E-state index contributed by atoms with van der Waals surface area (Å²) in [6.07, 6.45) is 1.62. The van der Waals surface area contributed by atoms with Gasteiger partial charge in [-0.25, -0.2) is 13.2 Å². The predicted octanol–water partition coefficient (Wildman–Crippen LogP) is 3.32. The molecule has 114 valence electrons. The normalized spacial score (nSPS) is 32.0. The molecule has 0 spiro atoms. The van der Waals surface area contributed by atoms with E-state index >= 15 is 0 Å². The van der Waals surface area contributed by atoms with Crippen LogP contribution in [0.3, 0.4) is 0 Å². The third kappa shape index (κ3) is 2.03. The molecule has 2 fully saturated rings. The first-order valence-electron chi connectivity index (χ1n) is 7.21. The van der Waals surface area contributed by atoms with Gasteiger partial charge in [0.1, 0.15) is 11.2 Å². The van der Waals surface area contributed by atoms with Gasteiger partial charge < -0.3 is 4.90 Å². The highest BCUT2D eigenvalue weighted by Crippen LogP contribution is 2.52. The quantitative estimate of drug-likeness (QED) is 0.857. The lowest BCUT2D eigenvalue weighted by molar-refractivity contribution is -0.146. The molecule has 3 rings (SSSR count). The van der Waals surface area contributed by atoms with Crippen molar-refractivity contribution in [2.24, 2.45) is 5.41 Å². The Morgan fingerprint density at radius 2 is 2.19 bits per heavy atom. The maximum absolute atomic E-state index is 13.4. The molecule has 3 heterocycles. The number of amides is 1. The van der Waals surface area contributed by atoms with E-state index in [2.05, 4.69) is 4.98 Å².